The lowest BCUT2D eigenvalue weighted by Gasteiger charge is -2.34. The highest BCUT2D eigenvalue weighted by molar-refractivity contribution is 5.80. The van der Waals surface area contributed by atoms with E-state index in [-0.39, 0.29) is 18.4 Å². The summed E-state index contributed by atoms with van der Waals surface area (Å²) in [4.78, 5) is 24.6. The first-order chi connectivity index (χ1) is 10.1. The molecule has 2 aliphatic rings. The molecule has 120 valence electrons. The highest BCUT2D eigenvalue weighted by Gasteiger charge is 2.29. The van der Waals surface area contributed by atoms with Crippen LogP contribution in [0.1, 0.15) is 26.2 Å². The number of rotatable bonds is 6. The normalized spacial score (nSPS) is 27.6. The zero-order chi connectivity index (χ0) is 15.2. The van der Waals surface area contributed by atoms with Crippen LogP contribution in [0, 0.1) is 0 Å². The maximum absolute atomic E-state index is 12.3. The second kappa shape index (κ2) is 7.72. The van der Waals surface area contributed by atoms with E-state index in [2.05, 4.69) is 0 Å². The minimum atomic E-state index is -0.919. The molecule has 7 nitrogen and oxygen atoms in total. The SMILES string of the molecule is C[C@H](OC[C@H]1CCCO1)C(=O)N1CCO[C@H](CC(=O)O)C1. The number of amides is 1. The van der Waals surface area contributed by atoms with Gasteiger partial charge in [-0.1, -0.05) is 0 Å². The number of morpholine rings is 1. The molecule has 2 rings (SSSR count). The first-order valence-electron chi connectivity index (χ1n) is 7.41. The predicted molar refractivity (Wildman–Crippen MR) is 73.0 cm³/mol. The summed E-state index contributed by atoms with van der Waals surface area (Å²) in [6, 6.07) is 0. The molecule has 1 N–H and O–H groups in total. The van der Waals surface area contributed by atoms with Crippen LogP contribution in [0.5, 0.6) is 0 Å². The molecule has 2 heterocycles. The number of ether oxygens (including phenoxy) is 3. The van der Waals surface area contributed by atoms with Gasteiger partial charge in [0.2, 0.25) is 0 Å². The zero-order valence-corrected chi connectivity index (χ0v) is 12.3. The van der Waals surface area contributed by atoms with Crippen molar-refractivity contribution in [2.75, 3.05) is 32.9 Å². The van der Waals surface area contributed by atoms with Gasteiger partial charge in [-0.3, -0.25) is 9.59 Å². The lowest BCUT2D eigenvalue weighted by Crippen LogP contribution is -2.49. The minimum absolute atomic E-state index is 0.0877. The second-order valence-electron chi connectivity index (χ2n) is 5.49. The van der Waals surface area contributed by atoms with Gasteiger partial charge in [0.15, 0.2) is 0 Å². The Morgan fingerprint density at radius 3 is 2.76 bits per heavy atom. The van der Waals surface area contributed by atoms with Crippen molar-refractivity contribution in [3.8, 4) is 0 Å². The van der Waals surface area contributed by atoms with Crippen LogP contribution < -0.4 is 0 Å². The quantitative estimate of drug-likeness (QED) is 0.758. The molecule has 21 heavy (non-hydrogen) atoms. The molecule has 2 fully saturated rings. The molecule has 2 saturated heterocycles. The Kier molecular flexibility index (Phi) is 5.96. The van der Waals surface area contributed by atoms with Crippen LogP contribution in [0.4, 0.5) is 0 Å². The van der Waals surface area contributed by atoms with Crippen molar-refractivity contribution in [3.05, 3.63) is 0 Å². The molecule has 0 aromatic heterocycles. The monoisotopic (exact) mass is 301 g/mol. The van der Waals surface area contributed by atoms with Gasteiger partial charge in [-0.25, -0.2) is 0 Å². The predicted octanol–water partition coefficient (Wildman–Crippen LogP) is 0.273. The Bertz CT molecular complexity index is 368. The largest absolute Gasteiger partial charge is 0.481 e. The molecule has 7 heteroatoms. The Balaban J connectivity index is 1.76. The van der Waals surface area contributed by atoms with Crippen LogP contribution in [-0.2, 0) is 23.8 Å². The third-order valence-corrected chi connectivity index (χ3v) is 3.76. The highest BCUT2D eigenvalue weighted by atomic mass is 16.5. The summed E-state index contributed by atoms with van der Waals surface area (Å²) in [6.07, 6.45) is 1.03. The van der Waals surface area contributed by atoms with E-state index in [4.69, 9.17) is 19.3 Å². The number of aliphatic carboxylic acids is 1. The van der Waals surface area contributed by atoms with Gasteiger partial charge in [-0.15, -0.1) is 0 Å². The lowest BCUT2D eigenvalue weighted by atomic mass is 10.2. The summed E-state index contributed by atoms with van der Waals surface area (Å²) in [5.74, 6) is -1.04. The molecule has 0 saturated carbocycles. The molecule has 0 aliphatic carbocycles. The lowest BCUT2D eigenvalue weighted by molar-refractivity contribution is -0.155. The minimum Gasteiger partial charge on any atom is -0.481 e. The summed E-state index contributed by atoms with van der Waals surface area (Å²) >= 11 is 0. The number of carbonyl (C=O) groups is 2. The van der Waals surface area contributed by atoms with Crippen LogP contribution in [0.2, 0.25) is 0 Å². The summed E-state index contributed by atoms with van der Waals surface area (Å²) in [7, 11) is 0. The standard InChI is InChI=1S/C14H23NO6/c1-10(21-9-11-3-2-5-19-11)14(18)15-4-6-20-12(8-15)7-13(16)17/h10-12H,2-9H2,1H3,(H,16,17)/t10-,11+,12+/m0/s1. The average molecular weight is 301 g/mol. The van der Waals surface area contributed by atoms with E-state index in [0.29, 0.717) is 26.3 Å². The molecular weight excluding hydrogens is 278 g/mol. The Hall–Kier alpha value is -1.18. The number of hydrogen-bond donors (Lipinski definition) is 1. The number of hydrogen-bond acceptors (Lipinski definition) is 5. The van der Waals surface area contributed by atoms with Gasteiger partial charge >= 0.3 is 5.97 Å². The second-order valence-corrected chi connectivity index (χ2v) is 5.49. The van der Waals surface area contributed by atoms with E-state index in [9.17, 15) is 9.59 Å². The molecule has 0 aromatic carbocycles. The summed E-state index contributed by atoms with van der Waals surface area (Å²) in [5.41, 5.74) is 0. The molecule has 2 aliphatic heterocycles. The molecule has 0 unspecified atom stereocenters. The Labute approximate surface area is 124 Å². The van der Waals surface area contributed by atoms with E-state index in [1.807, 2.05) is 0 Å². The number of carboxylic acid groups (broad SMARTS) is 1. The maximum atomic E-state index is 12.3. The molecule has 0 bridgehead atoms. The van der Waals surface area contributed by atoms with Crippen molar-refractivity contribution in [3.63, 3.8) is 0 Å². The zero-order valence-electron chi connectivity index (χ0n) is 12.3. The van der Waals surface area contributed by atoms with Crippen LogP contribution >= 0.6 is 0 Å². The average Bonchev–Trinajstić information content (AvgIpc) is 2.97. The molecule has 1 amide bonds. The highest BCUT2D eigenvalue weighted by Crippen LogP contribution is 2.14. The fourth-order valence-electron chi connectivity index (χ4n) is 2.59. The fraction of sp³-hybridized carbons (Fsp3) is 0.857. The van der Waals surface area contributed by atoms with E-state index in [1.54, 1.807) is 11.8 Å². The first-order valence-corrected chi connectivity index (χ1v) is 7.41. The summed E-state index contributed by atoms with van der Waals surface area (Å²) < 4.78 is 16.4. The number of carboxylic acids is 1. The maximum Gasteiger partial charge on any atom is 0.306 e. The fourth-order valence-corrected chi connectivity index (χ4v) is 2.59. The van der Waals surface area contributed by atoms with Gasteiger partial charge in [-0.2, -0.15) is 0 Å². The van der Waals surface area contributed by atoms with Gasteiger partial charge < -0.3 is 24.2 Å². The summed E-state index contributed by atoms with van der Waals surface area (Å²) in [6.45, 7) is 4.05. The topological polar surface area (TPSA) is 85.3 Å². The van der Waals surface area contributed by atoms with Gasteiger partial charge in [0.05, 0.1) is 31.8 Å². The molecule has 0 aromatic rings. The number of nitrogens with zero attached hydrogens (tertiary/aromatic N) is 1. The van der Waals surface area contributed by atoms with Crippen molar-refractivity contribution in [2.45, 2.75) is 44.5 Å². The Morgan fingerprint density at radius 2 is 2.10 bits per heavy atom. The third kappa shape index (κ3) is 4.94. The molecule has 3 atom stereocenters. The van der Waals surface area contributed by atoms with Crippen LogP contribution in [-0.4, -0.2) is 73.1 Å². The van der Waals surface area contributed by atoms with Crippen LogP contribution in [0.25, 0.3) is 0 Å². The van der Waals surface area contributed by atoms with Crippen LogP contribution in [0.3, 0.4) is 0 Å². The summed E-state index contributed by atoms with van der Waals surface area (Å²) in [5, 5.41) is 8.78. The van der Waals surface area contributed by atoms with Crippen molar-refractivity contribution in [1.82, 2.24) is 4.90 Å². The molecular formula is C14H23NO6. The van der Waals surface area contributed by atoms with Crippen molar-refractivity contribution in [2.24, 2.45) is 0 Å². The smallest absolute Gasteiger partial charge is 0.306 e. The van der Waals surface area contributed by atoms with Crippen molar-refractivity contribution < 1.29 is 28.9 Å². The van der Waals surface area contributed by atoms with Gasteiger partial charge in [0, 0.05) is 19.7 Å². The van der Waals surface area contributed by atoms with E-state index >= 15 is 0 Å². The van der Waals surface area contributed by atoms with Gasteiger partial charge in [-0.05, 0) is 19.8 Å². The van der Waals surface area contributed by atoms with E-state index in [1.165, 1.54) is 0 Å². The van der Waals surface area contributed by atoms with Gasteiger partial charge in [0.25, 0.3) is 5.91 Å². The third-order valence-electron chi connectivity index (χ3n) is 3.76. The molecule has 0 radical (unpaired) electrons. The van der Waals surface area contributed by atoms with Crippen molar-refractivity contribution >= 4 is 11.9 Å². The number of carbonyl (C=O) groups excluding carboxylic acids is 1. The van der Waals surface area contributed by atoms with Crippen molar-refractivity contribution in [1.29, 1.82) is 0 Å². The molecule has 0 spiro atoms. The van der Waals surface area contributed by atoms with Gasteiger partial charge in [0.1, 0.15) is 6.10 Å². The Morgan fingerprint density at radius 1 is 1.33 bits per heavy atom. The van der Waals surface area contributed by atoms with E-state index < -0.39 is 18.2 Å². The van der Waals surface area contributed by atoms with E-state index in [0.717, 1.165) is 19.4 Å². The van der Waals surface area contributed by atoms with Crippen LogP contribution in [0.15, 0.2) is 0 Å². The first kappa shape index (κ1) is 16.2.